The number of fused-ring (bicyclic) bond motifs is 1. The van der Waals surface area contributed by atoms with Crippen LogP contribution in [-0.2, 0) is 9.53 Å². The van der Waals surface area contributed by atoms with Crippen molar-refractivity contribution < 1.29 is 14.3 Å². The summed E-state index contributed by atoms with van der Waals surface area (Å²) >= 11 is 1.61. The van der Waals surface area contributed by atoms with Gasteiger partial charge in [0, 0.05) is 16.6 Å². The van der Waals surface area contributed by atoms with Crippen LogP contribution in [-0.4, -0.2) is 24.7 Å². The maximum Gasteiger partial charge on any atom is 0.337 e. The lowest BCUT2D eigenvalue weighted by atomic mass is 10.1. The van der Waals surface area contributed by atoms with Crippen LogP contribution in [0.4, 0.5) is 5.69 Å². The number of ether oxygens (including phenoxy) is 1. The Morgan fingerprint density at radius 1 is 1.53 bits per heavy atom. The molecule has 17 heavy (non-hydrogen) atoms. The molecule has 1 heterocycles. The van der Waals surface area contributed by atoms with E-state index in [2.05, 4.69) is 10.1 Å². The molecule has 0 radical (unpaired) electrons. The zero-order chi connectivity index (χ0) is 12.4. The van der Waals surface area contributed by atoms with Crippen LogP contribution in [0.3, 0.4) is 0 Å². The highest BCUT2D eigenvalue weighted by atomic mass is 32.2. The number of carbonyl (C=O) groups is 2. The minimum absolute atomic E-state index is 0.0155. The quantitative estimate of drug-likeness (QED) is 0.777. The summed E-state index contributed by atoms with van der Waals surface area (Å²) in [5.41, 5.74) is 1.13. The fourth-order valence-corrected chi connectivity index (χ4v) is 2.56. The number of anilines is 1. The van der Waals surface area contributed by atoms with Gasteiger partial charge in [0.05, 0.1) is 18.4 Å². The van der Waals surface area contributed by atoms with Crippen molar-refractivity contribution in [2.45, 2.75) is 11.8 Å². The number of rotatable bonds is 1. The van der Waals surface area contributed by atoms with E-state index in [9.17, 15) is 9.59 Å². The highest BCUT2D eigenvalue weighted by molar-refractivity contribution is 7.99. The second kappa shape index (κ2) is 4.79. The van der Waals surface area contributed by atoms with E-state index in [0.29, 0.717) is 11.3 Å². The van der Waals surface area contributed by atoms with Crippen LogP contribution in [0.25, 0.3) is 0 Å². The highest BCUT2D eigenvalue weighted by Gasteiger charge is 2.21. The smallest absolute Gasteiger partial charge is 0.337 e. The molecule has 0 bridgehead atoms. The lowest BCUT2D eigenvalue weighted by Crippen LogP contribution is -2.20. The molecule has 0 saturated heterocycles. The van der Waals surface area contributed by atoms with Crippen LogP contribution in [0.1, 0.15) is 17.3 Å². The molecule has 1 N–H and O–H groups in total. The van der Waals surface area contributed by atoms with Crippen molar-refractivity contribution in [2.24, 2.45) is 5.92 Å². The van der Waals surface area contributed by atoms with Gasteiger partial charge in [0.15, 0.2) is 0 Å². The Bertz CT molecular complexity index is 473. The average Bonchev–Trinajstić information content (AvgIpc) is 2.48. The number of amides is 1. The van der Waals surface area contributed by atoms with Gasteiger partial charge in [-0.15, -0.1) is 11.8 Å². The summed E-state index contributed by atoms with van der Waals surface area (Å²) < 4.78 is 4.65. The topological polar surface area (TPSA) is 55.4 Å². The van der Waals surface area contributed by atoms with Crippen LogP contribution in [0.5, 0.6) is 0 Å². The predicted molar refractivity (Wildman–Crippen MR) is 66.3 cm³/mol. The zero-order valence-corrected chi connectivity index (χ0v) is 10.5. The second-order valence-electron chi connectivity index (χ2n) is 3.90. The number of carbonyl (C=O) groups excluding carboxylic acids is 2. The lowest BCUT2D eigenvalue weighted by Gasteiger charge is -2.08. The number of methoxy groups -OCH3 is 1. The molecule has 1 aliphatic heterocycles. The molecule has 0 saturated carbocycles. The van der Waals surface area contributed by atoms with Gasteiger partial charge in [-0.3, -0.25) is 4.79 Å². The van der Waals surface area contributed by atoms with E-state index in [4.69, 9.17) is 0 Å². The number of esters is 1. The summed E-state index contributed by atoms with van der Waals surface area (Å²) in [7, 11) is 1.34. The van der Waals surface area contributed by atoms with E-state index < -0.39 is 5.97 Å². The van der Waals surface area contributed by atoms with Crippen LogP contribution >= 0.6 is 11.8 Å². The fraction of sp³-hybridized carbons (Fsp3) is 0.333. The molecule has 90 valence electrons. The molecule has 4 nitrogen and oxygen atoms in total. The zero-order valence-electron chi connectivity index (χ0n) is 9.65. The third-order valence-corrected chi connectivity index (χ3v) is 3.93. The number of benzene rings is 1. The van der Waals surface area contributed by atoms with E-state index in [1.807, 2.05) is 13.0 Å². The molecule has 1 atom stereocenters. The highest BCUT2D eigenvalue weighted by Crippen LogP contribution is 2.33. The molecule has 1 aliphatic rings. The molecule has 1 amide bonds. The van der Waals surface area contributed by atoms with Gasteiger partial charge >= 0.3 is 5.97 Å². The van der Waals surface area contributed by atoms with E-state index in [1.165, 1.54) is 7.11 Å². The van der Waals surface area contributed by atoms with E-state index >= 15 is 0 Å². The molecule has 2 rings (SSSR count). The van der Waals surface area contributed by atoms with Crippen molar-refractivity contribution in [3.63, 3.8) is 0 Å². The molecule has 1 aromatic carbocycles. The summed E-state index contributed by atoms with van der Waals surface area (Å²) in [6.45, 7) is 1.88. The molecular formula is C12H13NO3S. The Labute approximate surface area is 104 Å². The van der Waals surface area contributed by atoms with Crippen molar-refractivity contribution in [1.29, 1.82) is 0 Å². The largest absolute Gasteiger partial charge is 0.465 e. The van der Waals surface area contributed by atoms with E-state index in [-0.39, 0.29) is 11.8 Å². The van der Waals surface area contributed by atoms with Gasteiger partial charge in [-0.2, -0.15) is 0 Å². The van der Waals surface area contributed by atoms with Crippen LogP contribution < -0.4 is 5.32 Å². The van der Waals surface area contributed by atoms with Crippen molar-refractivity contribution >= 4 is 29.3 Å². The predicted octanol–water partition coefficient (Wildman–Crippen LogP) is 2.15. The third kappa shape index (κ3) is 2.44. The molecule has 1 unspecified atom stereocenters. The summed E-state index contributed by atoms with van der Waals surface area (Å²) in [5, 5.41) is 2.82. The first-order valence-corrected chi connectivity index (χ1v) is 6.26. The van der Waals surface area contributed by atoms with Crippen molar-refractivity contribution in [1.82, 2.24) is 0 Å². The lowest BCUT2D eigenvalue weighted by molar-refractivity contribution is -0.118. The Morgan fingerprint density at radius 3 is 3.00 bits per heavy atom. The molecule has 1 aromatic rings. The maximum absolute atomic E-state index is 11.7. The molecule has 0 fully saturated rings. The molecule has 0 aliphatic carbocycles. The standard InChI is InChI=1S/C12H13NO3S/c1-7-6-17-10-4-3-8(12(15)16-2)5-9(10)13-11(7)14/h3-5,7H,6H2,1-2H3,(H,13,14). The van der Waals surface area contributed by atoms with E-state index in [0.717, 1.165) is 10.6 Å². The monoisotopic (exact) mass is 251 g/mol. The minimum atomic E-state index is -0.399. The first kappa shape index (κ1) is 12.0. The second-order valence-corrected chi connectivity index (χ2v) is 4.97. The normalized spacial score (nSPS) is 18.9. The summed E-state index contributed by atoms with van der Waals surface area (Å²) in [6, 6.07) is 5.20. The van der Waals surface area contributed by atoms with Gasteiger partial charge in [0.1, 0.15) is 0 Å². The average molecular weight is 251 g/mol. The van der Waals surface area contributed by atoms with Crippen molar-refractivity contribution in [2.75, 3.05) is 18.2 Å². The Hall–Kier alpha value is -1.49. The van der Waals surface area contributed by atoms with Crippen molar-refractivity contribution in [3.8, 4) is 0 Å². The first-order chi connectivity index (χ1) is 8.11. The van der Waals surface area contributed by atoms with Gasteiger partial charge in [0.2, 0.25) is 5.91 Å². The molecular weight excluding hydrogens is 238 g/mol. The summed E-state index contributed by atoms with van der Waals surface area (Å²) in [5.74, 6) is 0.299. The number of hydrogen-bond acceptors (Lipinski definition) is 4. The van der Waals surface area contributed by atoms with Gasteiger partial charge in [-0.05, 0) is 18.2 Å². The molecule has 5 heteroatoms. The van der Waals surface area contributed by atoms with Crippen LogP contribution in [0, 0.1) is 5.92 Å². The van der Waals surface area contributed by atoms with Crippen molar-refractivity contribution in [3.05, 3.63) is 23.8 Å². The van der Waals surface area contributed by atoms with Crippen LogP contribution in [0.15, 0.2) is 23.1 Å². The summed E-state index contributed by atoms with van der Waals surface area (Å²) in [6.07, 6.45) is 0. The molecule has 0 spiro atoms. The maximum atomic E-state index is 11.7. The van der Waals surface area contributed by atoms with Gasteiger partial charge < -0.3 is 10.1 Å². The SMILES string of the molecule is COC(=O)c1ccc2c(c1)NC(=O)C(C)CS2. The van der Waals surface area contributed by atoms with Gasteiger partial charge in [-0.1, -0.05) is 6.92 Å². The molecule has 0 aromatic heterocycles. The number of hydrogen-bond donors (Lipinski definition) is 1. The Kier molecular flexibility index (Phi) is 3.38. The van der Waals surface area contributed by atoms with Crippen LogP contribution in [0.2, 0.25) is 0 Å². The van der Waals surface area contributed by atoms with Gasteiger partial charge in [0.25, 0.3) is 0 Å². The first-order valence-electron chi connectivity index (χ1n) is 5.28. The minimum Gasteiger partial charge on any atom is -0.465 e. The Balaban J connectivity index is 2.35. The Morgan fingerprint density at radius 2 is 2.29 bits per heavy atom. The summed E-state index contributed by atoms with van der Waals surface area (Å²) in [4.78, 5) is 24.1. The number of thioether (sulfide) groups is 1. The van der Waals surface area contributed by atoms with Gasteiger partial charge in [-0.25, -0.2) is 4.79 Å². The number of nitrogens with one attached hydrogen (secondary N) is 1. The van der Waals surface area contributed by atoms with E-state index in [1.54, 1.807) is 23.9 Å². The third-order valence-electron chi connectivity index (χ3n) is 2.59. The fourth-order valence-electron chi connectivity index (χ4n) is 1.54.